The van der Waals surface area contributed by atoms with Crippen molar-refractivity contribution >= 4 is 15.9 Å². The molecule has 0 fully saturated rings. The molecule has 2 aromatic rings. The molecule has 6 nitrogen and oxygen atoms in total. The summed E-state index contributed by atoms with van der Waals surface area (Å²) >= 11 is 0. The number of carbonyl (C=O) groups is 1. The van der Waals surface area contributed by atoms with Gasteiger partial charge < -0.3 is 4.98 Å². The Labute approximate surface area is 138 Å². The van der Waals surface area contributed by atoms with Crippen LogP contribution in [0.25, 0.3) is 11.4 Å². The number of amides is 1. The first-order valence-corrected chi connectivity index (χ1v) is 8.81. The summed E-state index contributed by atoms with van der Waals surface area (Å²) in [7, 11) is -3.84. The highest BCUT2D eigenvalue weighted by Gasteiger charge is 2.25. The number of nitrogens with zero attached hydrogens (tertiary/aromatic N) is 1. The topological polar surface area (TPSA) is 91.9 Å². The molecule has 0 radical (unpaired) electrons. The molecule has 0 spiro atoms. The summed E-state index contributed by atoms with van der Waals surface area (Å²) in [4.78, 5) is 18.8. The van der Waals surface area contributed by atoms with Crippen molar-refractivity contribution in [2.24, 2.45) is 0 Å². The third-order valence-corrected chi connectivity index (χ3v) is 5.11. The Morgan fingerprint density at radius 1 is 1.29 bits per heavy atom. The third-order valence-electron chi connectivity index (χ3n) is 3.40. The van der Waals surface area contributed by atoms with Gasteiger partial charge in [-0.3, -0.25) is 4.79 Å². The lowest BCUT2D eigenvalue weighted by molar-refractivity contribution is 0.0976. The molecule has 2 N–H and O–H groups in total. The molecule has 0 atom stereocenters. The number of sulfonamides is 1. The zero-order valence-electron chi connectivity index (χ0n) is 13.4. The van der Waals surface area contributed by atoms with E-state index in [1.807, 2.05) is 4.72 Å². The minimum Gasteiger partial charge on any atom is -0.341 e. The molecule has 1 amide bonds. The molecule has 1 aromatic carbocycles. The summed E-state index contributed by atoms with van der Waals surface area (Å²) in [5.41, 5.74) is -0.332. The molecule has 1 heterocycles. The molecule has 2 rings (SSSR count). The van der Waals surface area contributed by atoms with Crippen molar-refractivity contribution in [3.05, 3.63) is 41.2 Å². The van der Waals surface area contributed by atoms with Gasteiger partial charge in [-0.2, -0.15) is 0 Å². The maximum absolute atomic E-state index is 13.9. The number of H-pyrrole nitrogens is 1. The fraction of sp³-hybridized carbons (Fsp3) is 0.333. The van der Waals surface area contributed by atoms with Gasteiger partial charge in [0.1, 0.15) is 17.5 Å². The van der Waals surface area contributed by atoms with Gasteiger partial charge in [-0.1, -0.05) is 13.0 Å². The molecule has 130 valence electrons. The van der Waals surface area contributed by atoms with Crippen LogP contribution < -0.4 is 4.72 Å². The number of imidazole rings is 1. The maximum atomic E-state index is 13.9. The predicted molar refractivity (Wildman–Crippen MR) is 84.8 cm³/mol. The van der Waals surface area contributed by atoms with Gasteiger partial charge in [-0.15, -0.1) is 0 Å². The highest BCUT2D eigenvalue weighted by molar-refractivity contribution is 7.90. The Bertz CT molecular complexity index is 856. The maximum Gasteiger partial charge on any atom is 0.285 e. The second kappa shape index (κ2) is 6.68. The van der Waals surface area contributed by atoms with E-state index in [9.17, 15) is 22.0 Å². The first-order chi connectivity index (χ1) is 11.2. The average Bonchev–Trinajstić information content (AvgIpc) is 2.90. The molecule has 0 aliphatic carbocycles. The van der Waals surface area contributed by atoms with E-state index in [0.717, 1.165) is 12.1 Å². The molecule has 0 bridgehead atoms. The minimum atomic E-state index is -3.84. The number of rotatable bonds is 5. The van der Waals surface area contributed by atoms with E-state index in [4.69, 9.17) is 0 Å². The Hall–Kier alpha value is -2.29. The second-order valence-electron chi connectivity index (χ2n) is 5.39. The van der Waals surface area contributed by atoms with Gasteiger partial charge in [0, 0.05) is 5.69 Å². The second-order valence-corrected chi connectivity index (χ2v) is 7.62. The number of aromatic amines is 1. The SMILES string of the molecule is CCc1[nH]c(-c2c(F)cccc2F)nc1C(=O)NS(=O)(=O)C(C)C. The van der Waals surface area contributed by atoms with Crippen LogP contribution >= 0.6 is 0 Å². The van der Waals surface area contributed by atoms with Crippen LogP contribution in [-0.4, -0.2) is 29.5 Å². The quantitative estimate of drug-likeness (QED) is 0.859. The molecule has 0 saturated carbocycles. The molecule has 24 heavy (non-hydrogen) atoms. The summed E-state index contributed by atoms with van der Waals surface area (Å²) in [6.07, 6.45) is 0.299. The van der Waals surface area contributed by atoms with Crippen molar-refractivity contribution in [1.29, 1.82) is 0 Å². The van der Waals surface area contributed by atoms with Gasteiger partial charge >= 0.3 is 0 Å². The number of nitrogens with one attached hydrogen (secondary N) is 2. The van der Waals surface area contributed by atoms with Crippen LogP contribution in [0, 0.1) is 11.6 Å². The number of hydrogen-bond acceptors (Lipinski definition) is 4. The van der Waals surface area contributed by atoms with Crippen molar-refractivity contribution in [3.8, 4) is 11.4 Å². The van der Waals surface area contributed by atoms with Crippen LogP contribution in [0.1, 0.15) is 37.0 Å². The van der Waals surface area contributed by atoms with Crippen molar-refractivity contribution in [3.63, 3.8) is 0 Å². The number of aryl methyl sites for hydroxylation is 1. The summed E-state index contributed by atoms with van der Waals surface area (Å²) in [6, 6.07) is 3.34. The average molecular weight is 357 g/mol. The van der Waals surface area contributed by atoms with Crippen LogP contribution in [0.4, 0.5) is 8.78 Å². The first-order valence-electron chi connectivity index (χ1n) is 7.26. The molecule has 1 aromatic heterocycles. The molecule has 0 unspecified atom stereocenters. The molecule has 9 heteroatoms. The first kappa shape index (κ1) is 18.1. The van der Waals surface area contributed by atoms with Gasteiger partial charge in [0.2, 0.25) is 10.0 Å². The number of halogens is 2. The van der Waals surface area contributed by atoms with Gasteiger partial charge in [0.25, 0.3) is 5.91 Å². The highest BCUT2D eigenvalue weighted by atomic mass is 32.2. The number of aromatic nitrogens is 2. The van der Waals surface area contributed by atoms with Gasteiger partial charge in [-0.05, 0) is 32.4 Å². The Balaban J connectivity index is 2.47. The Morgan fingerprint density at radius 2 is 1.88 bits per heavy atom. The fourth-order valence-corrected chi connectivity index (χ4v) is 2.58. The molecule has 0 saturated heterocycles. The van der Waals surface area contributed by atoms with E-state index >= 15 is 0 Å². The lowest BCUT2D eigenvalue weighted by atomic mass is 10.2. The Morgan fingerprint density at radius 3 is 2.38 bits per heavy atom. The highest BCUT2D eigenvalue weighted by Crippen LogP contribution is 2.25. The minimum absolute atomic E-state index is 0.172. The van der Waals surface area contributed by atoms with Crippen LogP contribution in [0.5, 0.6) is 0 Å². The van der Waals surface area contributed by atoms with Crippen molar-refractivity contribution in [2.75, 3.05) is 0 Å². The molecule has 0 aliphatic rings. The fourth-order valence-electron chi connectivity index (χ4n) is 1.99. The molecular formula is C15H17F2N3O3S. The van der Waals surface area contributed by atoms with E-state index in [1.165, 1.54) is 19.9 Å². The summed E-state index contributed by atoms with van der Waals surface area (Å²) in [5, 5.41) is -0.811. The zero-order chi connectivity index (χ0) is 18.1. The normalized spacial score (nSPS) is 11.8. The van der Waals surface area contributed by atoms with E-state index in [2.05, 4.69) is 9.97 Å². The van der Waals surface area contributed by atoms with E-state index < -0.39 is 38.4 Å². The lowest BCUT2D eigenvalue weighted by Gasteiger charge is -2.08. The van der Waals surface area contributed by atoms with Crippen molar-refractivity contribution in [1.82, 2.24) is 14.7 Å². The number of hydrogen-bond donors (Lipinski definition) is 2. The number of benzene rings is 1. The monoisotopic (exact) mass is 357 g/mol. The van der Waals surface area contributed by atoms with E-state index in [-0.39, 0.29) is 17.2 Å². The van der Waals surface area contributed by atoms with Crippen LogP contribution in [0.2, 0.25) is 0 Å². The van der Waals surface area contributed by atoms with Gasteiger partial charge in [0.15, 0.2) is 5.69 Å². The van der Waals surface area contributed by atoms with Crippen molar-refractivity contribution in [2.45, 2.75) is 32.4 Å². The summed E-state index contributed by atoms with van der Waals surface area (Å²) in [5.74, 6) is -2.80. The van der Waals surface area contributed by atoms with Crippen LogP contribution in [-0.2, 0) is 16.4 Å². The number of carbonyl (C=O) groups excluding carboxylic acids is 1. The standard InChI is InChI=1S/C15H17F2N3O3S/c1-4-11-13(15(21)20-24(22,23)8(2)3)19-14(18-11)12-9(16)6-5-7-10(12)17/h5-8H,4H2,1-3H3,(H,18,19)(H,20,21). The van der Waals surface area contributed by atoms with Gasteiger partial charge in [0.05, 0.1) is 10.8 Å². The molecular weight excluding hydrogens is 340 g/mol. The third kappa shape index (κ3) is 3.45. The van der Waals surface area contributed by atoms with E-state index in [0.29, 0.717) is 6.42 Å². The van der Waals surface area contributed by atoms with Gasteiger partial charge in [-0.25, -0.2) is 26.9 Å². The zero-order valence-corrected chi connectivity index (χ0v) is 14.2. The Kier molecular flexibility index (Phi) is 5.02. The van der Waals surface area contributed by atoms with Crippen LogP contribution in [0.3, 0.4) is 0 Å². The predicted octanol–water partition coefficient (Wildman–Crippen LogP) is 2.39. The van der Waals surface area contributed by atoms with E-state index in [1.54, 1.807) is 6.92 Å². The van der Waals surface area contributed by atoms with Crippen LogP contribution in [0.15, 0.2) is 18.2 Å². The summed E-state index contributed by atoms with van der Waals surface area (Å²) < 4.78 is 53.2. The molecule has 0 aliphatic heterocycles. The summed E-state index contributed by atoms with van der Waals surface area (Å²) in [6.45, 7) is 4.53. The van der Waals surface area contributed by atoms with Crippen molar-refractivity contribution < 1.29 is 22.0 Å². The largest absolute Gasteiger partial charge is 0.341 e. The lowest BCUT2D eigenvalue weighted by Crippen LogP contribution is -2.36. The smallest absolute Gasteiger partial charge is 0.285 e.